The van der Waals surface area contributed by atoms with Gasteiger partial charge in [-0.15, -0.1) is 11.6 Å². The SMILES string of the molecule is O=C1NNCC(Cl)C1N1CCC2C(C1)NC(C1CC1)N2CC1CCCCC1C(F)(F)F. The summed E-state index contributed by atoms with van der Waals surface area (Å²) in [5.41, 5.74) is 5.51. The van der Waals surface area contributed by atoms with Crippen LogP contribution in [0.5, 0.6) is 0 Å². The van der Waals surface area contributed by atoms with E-state index >= 15 is 0 Å². The van der Waals surface area contributed by atoms with Crippen LogP contribution in [0.1, 0.15) is 44.9 Å². The van der Waals surface area contributed by atoms with Gasteiger partial charge in [0.2, 0.25) is 0 Å². The minimum Gasteiger partial charge on any atom is -0.296 e. The molecule has 10 heteroatoms. The molecule has 0 bridgehead atoms. The maximum absolute atomic E-state index is 13.7. The molecule has 5 fully saturated rings. The molecule has 176 valence electrons. The third-order valence-electron chi connectivity index (χ3n) is 8.13. The highest BCUT2D eigenvalue weighted by molar-refractivity contribution is 6.23. The summed E-state index contributed by atoms with van der Waals surface area (Å²) in [4.78, 5) is 16.9. The highest BCUT2D eigenvalue weighted by atomic mass is 35.5. The Bertz CT molecular complexity index is 678. The number of rotatable bonds is 4. The van der Waals surface area contributed by atoms with Crippen LogP contribution in [0.2, 0.25) is 0 Å². The van der Waals surface area contributed by atoms with E-state index in [2.05, 4.69) is 26.0 Å². The number of carbonyl (C=O) groups excluding carboxylic acids is 1. The molecule has 0 aromatic heterocycles. The Morgan fingerprint density at radius 2 is 1.87 bits per heavy atom. The van der Waals surface area contributed by atoms with Gasteiger partial charge in [0.05, 0.1) is 17.5 Å². The Hall–Kier alpha value is -0.610. The standard InChI is InChI=1S/C21H33ClF3N5O/c22-15-9-26-28-20(31)18(15)29-8-7-17-16(11-29)27-19(12-5-6-12)30(17)10-13-3-1-2-4-14(13)21(23,24)25/h12-19,26-27H,1-11H2,(H,28,31). The molecule has 6 nitrogen and oxygen atoms in total. The number of fused-ring (bicyclic) bond motifs is 1. The fourth-order valence-corrected chi connectivity index (χ4v) is 6.83. The van der Waals surface area contributed by atoms with Crippen molar-refractivity contribution in [3.8, 4) is 0 Å². The summed E-state index contributed by atoms with van der Waals surface area (Å²) < 4.78 is 41.1. The van der Waals surface area contributed by atoms with Crippen molar-refractivity contribution in [1.29, 1.82) is 0 Å². The number of carbonyl (C=O) groups is 1. The first-order chi connectivity index (χ1) is 14.8. The van der Waals surface area contributed by atoms with E-state index in [9.17, 15) is 18.0 Å². The third kappa shape index (κ3) is 4.45. The first kappa shape index (κ1) is 22.2. The first-order valence-corrected chi connectivity index (χ1v) is 12.3. The lowest BCUT2D eigenvalue weighted by Crippen LogP contribution is -2.66. The molecule has 3 heterocycles. The molecule has 3 aliphatic heterocycles. The largest absolute Gasteiger partial charge is 0.392 e. The van der Waals surface area contributed by atoms with Crippen LogP contribution in [0.15, 0.2) is 0 Å². The fourth-order valence-electron chi connectivity index (χ4n) is 6.48. The van der Waals surface area contributed by atoms with Gasteiger partial charge in [0, 0.05) is 38.3 Å². The average Bonchev–Trinajstić information content (AvgIpc) is 3.50. The second-order valence-corrected chi connectivity index (χ2v) is 10.7. The molecule has 2 saturated carbocycles. The van der Waals surface area contributed by atoms with Gasteiger partial charge in [-0.05, 0) is 43.9 Å². The zero-order valence-electron chi connectivity index (χ0n) is 17.7. The summed E-state index contributed by atoms with van der Waals surface area (Å²) in [5, 5.41) is 3.46. The van der Waals surface area contributed by atoms with Gasteiger partial charge in [0.15, 0.2) is 0 Å². The second-order valence-electron chi connectivity index (χ2n) is 10.1. The van der Waals surface area contributed by atoms with Gasteiger partial charge >= 0.3 is 6.18 Å². The molecular weight excluding hydrogens is 431 g/mol. The number of hydrogen-bond acceptors (Lipinski definition) is 5. The number of likely N-dealkylation sites (tertiary alicyclic amines) is 1. The molecule has 0 spiro atoms. The van der Waals surface area contributed by atoms with Crippen molar-refractivity contribution in [2.45, 2.75) is 80.8 Å². The number of alkyl halides is 4. The zero-order chi connectivity index (χ0) is 21.8. The third-order valence-corrected chi connectivity index (χ3v) is 8.53. The molecule has 7 atom stereocenters. The van der Waals surface area contributed by atoms with Gasteiger partial charge in [-0.2, -0.15) is 13.2 Å². The van der Waals surface area contributed by atoms with Gasteiger partial charge in [-0.3, -0.25) is 25.3 Å². The molecule has 5 aliphatic rings. The van der Waals surface area contributed by atoms with E-state index in [1.54, 1.807) is 0 Å². The molecule has 0 radical (unpaired) electrons. The Morgan fingerprint density at radius 1 is 1.10 bits per heavy atom. The van der Waals surface area contributed by atoms with Crippen LogP contribution in [0.25, 0.3) is 0 Å². The van der Waals surface area contributed by atoms with E-state index in [1.807, 2.05) is 0 Å². The van der Waals surface area contributed by atoms with Crippen LogP contribution in [0.3, 0.4) is 0 Å². The normalized spacial score (nSPS) is 43.0. The van der Waals surface area contributed by atoms with Gasteiger partial charge in [0.25, 0.3) is 5.91 Å². The summed E-state index contributed by atoms with van der Waals surface area (Å²) in [6.45, 7) is 2.50. The molecule has 2 aliphatic carbocycles. The molecule has 3 saturated heterocycles. The molecule has 0 aromatic rings. The van der Waals surface area contributed by atoms with Crippen molar-refractivity contribution >= 4 is 17.5 Å². The van der Waals surface area contributed by atoms with E-state index in [0.717, 1.165) is 32.2 Å². The van der Waals surface area contributed by atoms with Crippen molar-refractivity contribution in [3.63, 3.8) is 0 Å². The lowest BCUT2D eigenvalue weighted by atomic mass is 9.78. The Balaban J connectivity index is 1.30. The summed E-state index contributed by atoms with van der Waals surface area (Å²) in [6, 6.07) is 0.0297. The molecule has 1 amide bonds. The van der Waals surface area contributed by atoms with Crippen LogP contribution >= 0.6 is 11.6 Å². The van der Waals surface area contributed by atoms with E-state index in [4.69, 9.17) is 11.6 Å². The Morgan fingerprint density at radius 3 is 2.58 bits per heavy atom. The summed E-state index contributed by atoms with van der Waals surface area (Å²) >= 11 is 6.46. The molecule has 3 N–H and O–H groups in total. The number of piperidine rings is 1. The maximum atomic E-state index is 13.7. The number of amides is 1. The molecule has 5 rings (SSSR count). The summed E-state index contributed by atoms with van der Waals surface area (Å²) in [5.74, 6) is -1.05. The molecule has 0 aromatic carbocycles. The van der Waals surface area contributed by atoms with E-state index in [-0.39, 0.29) is 47.9 Å². The number of hydrazine groups is 1. The van der Waals surface area contributed by atoms with Crippen LogP contribution in [-0.2, 0) is 4.79 Å². The zero-order valence-corrected chi connectivity index (χ0v) is 18.5. The van der Waals surface area contributed by atoms with Crippen molar-refractivity contribution in [2.24, 2.45) is 17.8 Å². The molecular formula is C21H33ClF3N5O. The fraction of sp³-hybridized carbons (Fsp3) is 0.952. The first-order valence-electron chi connectivity index (χ1n) is 11.8. The number of nitrogens with one attached hydrogen (secondary N) is 3. The van der Waals surface area contributed by atoms with Crippen LogP contribution in [0, 0.1) is 17.8 Å². The maximum Gasteiger partial charge on any atom is 0.392 e. The lowest BCUT2D eigenvalue weighted by Gasteiger charge is -2.44. The topological polar surface area (TPSA) is 59.6 Å². The van der Waals surface area contributed by atoms with Gasteiger partial charge in [0.1, 0.15) is 6.04 Å². The lowest BCUT2D eigenvalue weighted by molar-refractivity contribution is -0.198. The molecule has 31 heavy (non-hydrogen) atoms. The molecule has 7 unspecified atom stereocenters. The summed E-state index contributed by atoms with van der Waals surface area (Å²) in [6.07, 6.45) is 1.73. The number of nitrogens with zero attached hydrogens (tertiary/aromatic N) is 2. The van der Waals surface area contributed by atoms with Crippen molar-refractivity contribution < 1.29 is 18.0 Å². The summed E-state index contributed by atoms with van der Waals surface area (Å²) in [7, 11) is 0. The highest BCUT2D eigenvalue weighted by Crippen LogP contribution is 2.45. The minimum absolute atomic E-state index is 0.103. The van der Waals surface area contributed by atoms with Crippen LogP contribution < -0.4 is 16.2 Å². The minimum atomic E-state index is -4.10. The Labute approximate surface area is 186 Å². The smallest absolute Gasteiger partial charge is 0.296 e. The highest BCUT2D eigenvalue weighted by Gasteiger charge is 2.53. The number of hydrogen-bond donors (Lipinski definition) is 3. The van der Waals surface area contributed by atoms with E-state index in [0.29, 0.717) is 38.4 Å². The van der Waals surface area contributed by atoms with Gasteiger partial charge < -0.3 is 0 Å². The second kappa shape index (κ2) is 8.63. The van der Waals surface area contributed by atoms with Gasteiger partial charge in [-0.25, -0.2) is 5.43 Å². The quantitative estimate of drug-likeness (QED) is 0.557. The van der Waals surface area contributed by atoms with Crippen molar-refractivity contribution in [2.75, 3.05) is 26.2 Å². The van der Waals surface area contributed by atoms with Crippen LogP contribution in [0.4, 0.5) is 13.2 Å². The number of halogens is 4. The monoisotopic (exact) mass is 463 g/mol. The Kier molecular flexibility index (Phi) is 6.18. The average molecular weight is 464 g/mol. The van der Waals surface area contributed by atoms with Gasteiger partial charge in [-0.1, -0.05) is 12.8 Å². The predicted octanol–water partition coefficient (Wildman–Crippen LogP) is 2.05. The van der Waals surface area contributed by atoms with Crippen molar-refractivity contribution in [3.05, 3.63) is 0 Å². The van der Waals surface area contributed by atoms with Crippen molar-refractivity contribution in [1.82, 2.24) is 26.0 Å². The predicted molar refractivity (Wildman–Crippen MR) is 111 cm³/mol. The van der Waals surface area contributed by atoms with E-state index < -0.39 is 12.1 Å². The van der Waals surface area contributed by atoms with Crippen LogP contribution in [-0.4, -0.2) is 77.7 Å². The van der Waals surface area contributed by atoms with E-state index in [1.165, 1.54) is 0 Å².